The topological polar surface area (TPSA) is 62.7 Å². The second-order valence-electron chi connectivity index (χ2n) is 6.11. The van der Waals surface area contributed by atoms with Gasteiger partial charge in [-0.15, -0.1) is 0 Å². The summed E-state index contributed by atoms with van der Waals surface area (Å²) in [5.41, 5.74) is 5.74. The SMILES string of the molecule is Cc1ccccc1C(=O)Oc1ccc(/C=N/NC(=S)Nc2cccc(Cl)c2)cc1. The third-order valence-corrected chi connectivity index (χ3v) is 4.35. The zero-order valence-corrected chi connectivity index (χ0v) is 17.1. The summed E-state index contributed by atoms with van der Waals surface area (Å²) < 4.78 is 5.41. The molecule has 3 aromatic carbocycles. The highest BCUT2D eigenvalue weighted by Crippen LogP contribution is 2.16. The number of ether oxygens (including phenoxy) is 1. The molecule has 0 heterocycles. The Bertz CT molecular complexity index is 1050. The lowest BCUT2D eigenvalue weighted by Gasteiger charge is -2.07. The van der Waals surface area contributed by atoms with Crippen LogP contribution in [0, 0.1) is 6.92 Å². The van der Waals surface area contributed by atoms with Crippen molar-refractivity contribution in [1.82, 2.24) is 5.43 Å². The molecule has 5 nitrogen and oxygen atoms in total. The molecule has 0 fully saturated rings. The van der Waals surface area contributed by atoms with Crippen molar-refractivity contribution < 1.29 is 9.53 Å². The Hall–Kier alpha value is -3.22. The van der Waals surface area contributed by atoms with Gasteiger partial charge < -0.3 is 10.1 Å². The molecule has 3 aromatic rings. The van der Waals surface area contributed by atoms with Crippen molar-refractivity contribution in [2.75, 3.05) is 5.32 Å². The molecule has 3 rings (SSSR count). The molecular formula is C22H18ClN3O2S. The van der Waals surface area contributed by atoms with E-state index in [2.05, 4.69) is 15.8 Å². The number of carbonyl (C=O) groups excluding carboxylic acids is 1. The van der Waals surface area contributed by atoms with Crippen molar-refractivity contribution in [1.29, 1.82) is 0 Å². The number of anilines is 1. The van der Waals surface area contributed by atoms with E-state index in [-0.39, 0.29) is 5.97 Å². The second-order valence-corrected chi connectivity index (χ2v) is 6.95. The van der Waals surface area contributed by atoms with Gasteiger partial charge in [-0.2, -0.15) is 5.10 Å². The van der Waals surface area contributed by atoms with Gasteiger partial charge in [-0.25, -0.2) is 4.79 Å². The van der Waals surface area contributed by atoms with Gasteiger partial charge in [0.05, 0.1) is 11.8 Å². The van der Waals surface area contributed by atoms with Crippen molar-refractivity contribution in [3.05, 3.63) is 94.5 Å². The van der Waals surface area contributed by atoms with Crippen LogP contribution in [0.2, 0.25) is 5.02 Å². The highest BCUT2D eigenvalue weighted by molar-refractivity contribution is 7.80. The van der Waals surface area contributed by atoms with Gasteiger partial charge in [0.15, 0.2) is 5.11 Å². The highest BCUT2D eigenvalue weighted by atomic mass is 35.5. The molecule has 0 unspecified atom stereocenters. The first-order valence-electron chi connectivity index (χ1n) is 8.75. The minimum Gasteiger partial charge on any atom is -0.423 e. The first-order chi connectivity index (χ1) is 14.0. The van der Waals surface area contributed by atoms with E-state index in [1.54, 1.807) is 48.7 Å². The van der Waals surface area contributed by atoms with Crippen LogP contribution in [-0.4, -0.2) is 17.3 Å². The first kappa shape index (κ1) is 20.5. The van der Waals surface area contributed by atoms with Crippen LogP contribution in [0.3, 0.4) is 0 Å². The molecule has 0 saturated heterocycles. The number of hydrogen-bond donors (Lipinski definition) is 2. The smallest absolute Gasteiger partial charge is 0.343 e. The van der Waals surface area contributed by atoms with E-state index in [4.69, 9.17) is 28.6 Å². The Morgan fingerprint density at radius 3 is 2.55 bits per heavy atom. The summed E-state index contributed by atoms with van der Waals surface area (Å²) in [5, 5.41) is 8.03. The molecule has 0 amide bonds. The summed E-state index contributed by atoms with van der Waals surface area (Å²) in [6, 6.07) is 21.5. The standard InChI is InChI=1S/C22H18ClN3O2S/c1-15-5-2-3-8-20(15)21(27)28-19-11-9-16(10-12-19)14-24-26-22(29)25-18-7-4-6-17(23)13-18/h2-14H,1H3,(H2,25,26,29)/b24-14+. The molecule has 0 bridgehead atoms. The number of thiocarbonyl (C=S) groups is 1. The third kappa shape index (κ3) is 6.14. The lowest BCUT2D eigenvalue weighted by molar-refractivity contribution is 0.0734. The number of aryl methyl sites for hydroxylation is 1. The van der Waals surface area contributed by atoms with E-state index >= 15 is 0 Å². The fourth-order valence-electron chi connectivity index (χ4n) is 2.48. The number of hydrogen-bond acceptors (Lipinski definition) is 4. The van der Waals surface area contributed by atoms with Crippen LogP contribution in [0.4, 0.5) is 5.69 Å². The number of hydrazone groups is 1. The molecule has 29 heavy (non-hydrogen) atoms. The third-order valence-electron chi connectivity index (χ3n) is 3.92. The molecule has 0 radical (unpaired) electrons. The molecule has 0 spiro atoms. The van der Waals surface area contributed by atoms with E-state index in [1.165, 1.54) is 0 Å². The van der Waals surface area contributed by atoms with Gasteiger partial charge >= 0.3 is 5.97 Å². The number of rotatable bonds is 5. The van der Waals surface area contributed by atoms with E-state index in [9.17, 15) is 4.79 Å². The van der Waals surface area contributed by atoms with Crippen molar-refractivity contribution >= 4 is 46.8 Å². The predicted molar refractivity (Wildman–Crippen MR) is 121 cm³/mol. The summed E-state index contributed by atoms with van der Waals surface area (Å²) >= 11 is 11.1. The highest BCUT2D eigenvalue weighted by Gasteiger charge is 2.10. The van der Waals surface area contributed by atoms with Crippen LogP contribution < -0.4 is 15.5 Å². The number of esters is 1. The maximum absolute atomic E-state index is 12.2. The molecule has 0 aliphatic carbocycles. The largest absolute Gasteiger partial charge is 0.423 e. The summed E-state index contributed by atoms with van der Waals surface area (Å²) in [4.78, 5) is 12.2. The Labute approximate surface area is 179 Å². The monoisotopic (exact) mass is 423 g/mol. The molecular weight excluding hydrogens is 406 g/mol. The van der Waals surface area contributed by atoms with Gasteiger partial charge in [0.1, 0.15) is 5.75 Å². The van der Waals surface area contributed by atoms with E-state index in [0.29, 0.717) is 21.4 Å². The van der Waals surface area contributed by atoms with Crippen molar-refractivity contribution in [2.24, 2.45) is 5.10 Å². The van der Waals surface area contributed by atoms with Gasteiger partial charge in [-0.05, 0) is 78.8 Å². The molecule has 0 aliphatic rings. The average Bonchev–Trinajstić information content (AvgIpc) is 2.69. The molecule has 0 saturated carbocycles. The first-order valence-corrected chi connectivity index (χ1v) is 9.53. The van der Waals surface area contributed by atoms with Gasteiger partial charge in [0.25, 0.3) is 0 Å². The fourth-order valence-corrected chi connectivity index (χ4v) is 2.84. The van der Waals surface area contributed by atoms with E-state index in [1.807, 2.05) is 37.3 Å². The zero-order valence-electron chi connectivity index (χ0n) is 15.6. The summed E-state index contributed by atoms with van der Waals surface area (Å²) in [5.74, 6) is 0.0742. The number of halogens is 1. The second kappa shape index (κ2) is 9.82. The van der Waals surface area contributed by atoms with Gasteiger partial charge in [-0.1, -0.05) is 35.9 Å². The Morgan fingerprint density at radius 1 is 1.07 bits per heavy atom. The van der Waals surface area contributed by atoms with E-state index < -0.39 is 0 Å². The molecule has 0 aromatic heterocycles. The molecule has 146 valence electrons. The molecule has 7 heteroatoms. The van der Waals surface area contributed by atoms with Crippen LogP contribution in [-0.2, 0) is 0 Å². The number of benzene rings is 3. The quantitative estimate of drug-likeness (QED) is 0.194. The van der Waals surface area contributed by atoms with Crippen LogP contribution in [0.1, 0.15) is 21.5 Å². The number of nitrogens with one attached hydrogen (secondary N) is 2. The molecule has 2 N–H and O–H groups in total. The number of carbonyl (C=O) groups is 1. The fraction of sp³-hybridized carbons (Fsp3) is 0.0455. The summed E-state index contributed by atoms with van der Waals surface area (Å²) in [6.45, 7) is 1.87. The summed E-state index contributed by atoms with van der Waals surface area (Å²) in [6.07, 6.45) is 1.61. The Balaban J connectivity index is 1.53. The molecule has 0 atom stereocenters. The van der Waals surface area contributed by atoms with Crippen molar-refractivity contribution in [3.63, 3.8) is 0 Å². The zero-order chi connectivity index (χ0) is 20.6. The van der Waals surface area contributed by atoms with Gasteiger partial charge in [0, 0.05) is 10.7 Å². The minimum absolute atomic E-state index is 0.340. The van der Waals surface area contributed by atoms with Gasteiger partial charge in [0.2, 0.25) is 0 Å². The van der Waals surface area contributed by atoms with Gasteiger partial charge in [-0.3, -0.25) is 5.43 Å². The lowest BCUT2D eigenvalue weighted by atomic mass is 10.1. The maximum atomic E-state index is 12.2. The lowest BCUT2D eigenvalue weighted by Crippen LogP contribution is -2.23. The van der Waals surface area contributed by atoms with E-state index in [0.717, 1.165) is 16.8 Å². The maximum Gasteiger partial charge on any atom is 0.343 e. The number of nitrogens with zero attached hydrogens (tertiary/aromatic N) is 1. The van der Waals surface area contributed by atoms with Crippen LogP contribution in [0.25, 0.3) is 0 Å². The van der Waals surface area contributed by atoms with Crippen LogP contribution in [0.15, 0.2) is 77.9 Å². The Kier molecular flexibility index (Phi) is 6.94. The average molecular weight is 424 g/mol. The van der Waals surface area contributed by atoms with Crippen LogP contribution >= 0.6 is 23.8 Å². The summed E-state index contributed by atoms with van der Waals surface area (Å²) in [7, 11) is 0. The Morgan fingerprint density at radius 2 is 1.83 bits per heavy atom. The normalized spacial score (nSPS) is 10.6. The van der Waals surface area contributed by atoms with Crippen LogP contribution in [0.5, 0.6) is 5.75 Å². The molecule has 0 aliphatic heterocycles. The predicted octanol–water partition coefficient (Wildman–Crippen LogP) is 5.19. The van der Waals surface area contributed by atoms with Crippen molar-refractivity contribution in [2.45, 2.75) is 6.92 Å². The van der Waals surface area contributed by atoms with Crippen molar-refractivity contribution in [3.8, 4) is 5.75 Å². The minimum atomic E-state index is -0.386.